The normalized spacial score (nSPS) is 19.6. The summed E-state index contributed by atoms with van der Waals surface area (Å²) in [6.45, 7) is 4.33. The van der Waals surface area contributed by atoms with Gasteiger partial charge in [0.15, 0.2) is 0 Å². The molecule has 142 valence electrons. The van der Waals surface area contributed by atoms with Crippen molar-refractivity contribution in [2.75, 3.05) is 19.6 Å². The molecule has 0 saturated carbocycles. The highest BCUT2D eigenvalue weighted by atomic mass is 16.5. The van der Waals surface area contributed by atoms with Crippen molar-refractivity contribution < 1.29 is 9.53 Å². The van der Waals surface area contributed by atoms with Crippen LogP contribution in [0.15, 0.2) is 54.6 Å². The molecule has 0 unspecified atom stereocenters. The molecule has 2 heterocycles. The first-order chi connectivity index (χ1) is 13.2. The quantitative estimate of drug-likeness (QED) is 0.878. The molecule has 0 aliphatic carbocycles. The zero-order valence-corrected chi connectivity index (χ0v) is 15.8. The lowest BCUT2D eigenvalue weighted by atomic mass is 9.72. The van der Waals surface area contributed by atoms with Gasteiger partial charge in [-0.15, -0.1) is 0 Å². The van der Waals surface area contributed by atoms with Crippen molar-refractivity contribution in [3.63, 3.8) is 0 Å². The van der Waals surface area contributed by atoms with Gasteiger partial charge in [0, 0.05) is 13.1 Å². The third-order valence-corrected chi connectivity index (χ3v) is 5.97. The van der Waals surface area contributed by atoms with Gasteiger partial charge in [0.05, 0.1) is 5.41 Å². The van der Waals surface area contributed by atoms with Crippen LogP contribution in [-0.2, 0) is 17.9 Å². The van der Waals surface area contributed by atoms with Crippen LogP contribution in [0.5, 0.6) is 5.75 Å². The van der Waals surface area contributed by atoms with E-state index >= 15 is 0 Å². The molecule has 1 amide bonds. The molecule has 2 fully saturated rings. The summed E-state index contributed by atoms with van der Waals surface area (Å²) in [6, 6.07) is 18.6. The van der Waals surface area contributed by atoms with E-state index in [0.717, 1.165) is 57.6 Å². The molecule has 27 heavy (non-hydrogen) atoms. The average molecular weight is 364 g/mol. The number of likely N-dealkylation sites (tertiary alicyclic amines) is 1. The Labute approximate surface area is 161 Å². The van der Waals surface area contributed by atoms with E-state index in [1.54, 1.807) is 0 Å². The number of hydrogen-bond acceptors (Lipinski definition) is 3. The van der Waals surface area contributed by atoms with E-state index < -0.39 is 0 Å². The van der Waals surface area contributed by atoms with Crippen molar-refractivity contribution in [3.8, 4) is 5.75 Å². The molecule has 2 aliphatic rings. The Morgan fingerprint density at radius 3 is 2.52 bits per heavy atom. The summed E-state index contributed by atoms with van der Waals surface area (Å²) in [5.41, 5.74) is 2.34. The predicted molar refractivity (Wildman–Crippen MR) is 106 cm³/mol. The van der Waals surface area contributed by atoms with Crippen LogP contribution in [0.2, 0.25) is 0 Å². The summed E-state index contributed by atoms with van der Waals surface area (Å²) < 4.78 is 5.95. The van der Waals surface area contributed by atoms with Gasteiger partial charge in [-0.3, -0.25) is 9.69 Å². The molecule has 0 aromatic heterocycles. The molecule has 4 rings (SSSR count). The molecule has 2 aromatic carbocycles. The smallest absolute Gasteiger partial charge is 0.226 e. The lowest BCUT2D eigenvalue weighted by molar-refractivity contribution is -0.136. The standard InChI is InChI=1S/C23H28N2O2/c26-22-23(10-5-13-24-22)11-14-25(15-12-23)17-20-8-4-9-21(16-20)27-18-19-6-2-1-3-7-19/h1-4,6-9,16H,5,10-15,17-18H2,(H,24,26). The van der Waals surface area contributed by atoms with E-state index in [4.69, 9.17) is 4.74 Å². The maximum atomic E-state index is 12.3. The Bertz CT molecular complexity index is 767. The van der Waals surface area contributed by atoms with Crippen LogP contribution >= 0.6 is 0 Å². The van der Waals surface area contributed by atoms with Crippen molar-refractivity contribution in [1.82, 2.24) is 10.2 Å². The highest BCUT2D eigenvalue weighted by Gasteiger charge is 2.42. The Kier molecular flexibility index (Phi) is 5.44. The Morgan fingerprint density at radius 1 is 0.963 bits per heavy atom. The first-order valence-electron chi connectivity index (χ1n) is 10.00. The van der Waals surface area contributed by atoms with E-state index in [9.17, 15) is 4.79 Å². The van der Waals surface area contributed by atoms with Crippen molar-refractivity contribution in [3.05, 3.63) is 65.7 Å². The van der Waals surface area contributed by atoms with Crippen LogP contribution in [0.4, 0.5) is 0 Å². The van der Waals surface area contributed by atoms with E-state index in [0.29, 0.717) is 6.61 Å². The summed E-state index contributed by atoms with van der Waals surface area (Å²) in [6.07, 6.45) is 4.12. The van der Waals surface area contributed by atoms with Gasteiger partial charge in [-0.2, -0.15) is 0 Å². The number of carbonyl (C=O) groups is 1. The molecule has 4 heteroatoms. The molecule has 1 N–H and O–H groups in total. The second-order valence-electron chi connectivity index (χ2n) is 7.84. The number of hydrogen-bond donors (Lipinski definition) is 1. The van der Waals surface area contributed by atoms with Crippen LogP contribution in [0.3, 0.4) is 0 Å². The van der Waals surface area contributed by atoms with Gasteiger partial charge in [-0.05, 0) is 62.0 Å². The molecule has 0 atom stereocenters. The lowest BCUT2D eigenvalue weighted by Gasteiger charge is -2.42. The minimum Gasteiger partial charge on any atom is -0.489 e. The number of nitrogens with one attached hydrogen (secondary N) is 1. The zero-order valence-electron chi connectivity index (χ0n) is 15.8. The topological polar surface area (TPSA) is 41.6 Å². The largest absolute Gasteiger partial charge is 0.489 e. The molecular formula is C23H28N2O2. The fourth-order valence-electron chi connectivity index (χ4n) is 4.28. The molecule has 2 saturated heterocycles. The van der Waals surface area contributed by atoms with Gasteiger partial charge < -0.3 is 10.1 Å². The third-order valence-electron chi connectivity index (χ3n) is 5.97. The molecule has 0 bridgehead atoms. The van der Waals surface area contributed by atoms with Gasteiger partial charge >= 0.3 is 0 Å². The van der Waals surface area contributed by atoms with Gasteiger partial charge in [-0.1, -0.05) is 42.5 Å². The van der Waals surface area contributed by atoms with E-state index in [-0.39, 0.29) is 11.3 Å². The monoisotopic (exact) mass is 364 g/mol. The number of amides is 1. The number of carbonyl (C=O) groups excluding carboxylic acids is 1. The molecule has 4 nitrogen and oxygen atoms in total. The predicted octanol–water partition coefficient (Wildman–Crippen LogP) is 3.76. The van der Waals surface area contributed by atoms with Crippen molar-refractivity contribution in [1.29, 1.82) is 0 Å². The van der Waals surface area contributed by atoms with E-state index in [1.165, 1.54) is 11.1 Å². The SMILES string of the molecule is O=C1NCCCC12CCN(Cc1cccc(OCc3ccccc3)c1)CC2. The Balaban J connectivity index is 1.32. The molecule has 0 radical (unpaired) electrons. The number of benzene rings is 2. The van der Waals surface area contributed by atoms with Gasteiger partial charge in [0.1, 0.15) is 12.4 Å². The average Bonchev–Trinajstić information content (AvgIpc) is 2.72. The van der Waals surface area contributed by atoms with Crippen molar-refractivity contribution in [2.45, 2.75) is 38.8 Å². The first kappa shape index (κ1) is 18.1. The maximum absolute atomic E-state index is 12.3. The number of ether oxygens (including phenoxy) is 1. The van der Waals surface area contributed by atoms with E-state index in [1.807, 2.05) is 24.3 Å². The third kappa shape index (κ3) is 4.33. The summed E-state index contributed by atoms with van der Waals surface area (Å²) in [5, 5.41) is 3.07. The second-order valence-corrected chi connectivity index (χ2v) is 7.84. The summed E-state index contributed by atoms with van der Waals surface area (Å²) in [4.78, 5) is 14.8. The van der Waals surface area contributed by atoms with Gasteiger partial charge in [-0.25, -0.2) is 0 Å². The van der Waals surface area contributed by atoms with Crippen LogP contribution in [0.1, 0.15) is 36.8 Å². The highest BCUT2D eigenvalue weighted by Crippen LogP contribution is 2.38. The zero-order chi connectivity index (χ0) is 18.5. The summed E-state index contributed by atoms with van der Waals surface area (Å²) in [5.74, 6) is 1.20. The summed E-state index contributed by atoms with van der Waals surface area (Å²) in [7, 11) is 0. The first-order valence-corrected chi connectivity index (χ1v) is 10.00. The number of rotatable bonds is 5. The minimum absolute atomic E-state index is 0.102. The molecule has 1 spiro atoms. The van der Waals surface area contributed by atoms with Crippen LogP contribution in [-0.4, -0.2) is 30.4 Å². The fourth-order valence-corrected chi connectivity index (χ4v) is 4.28. The molecule has 2 aliphatic heterocycles. The molecule has 2 aromatic rings. The van der Waals surface area contributed by atoms with Gasteiger partial charge in [0.25, 0.3) is 0 Å². The highest BCUT2D eigenvalue weighted by molar-refractivity contribution is 5.83. The van der Waals surface area contributed by atoms with Crippen LogP contribution in [0.25, 0.3) is 0 Å². The lowest BCUT2D eigenvalue weighted by Crippen LogP contribution is -2.51. The van der Waals surface area contributed by atoms with E-state index in [2.05, 4.69) is 40.5 Å². The van der Waals surface area contributed by atoms with Crippen molar-refractivity contribution >= 4 is 5.91 Å². The molecular weight excluding hydrogens is 336 g/mol. The minimum atomic E-state index is -0.102. The van der Waals surface area contributed by atoms with Crippen molar-refractivity contribution in [2.24, 2.45) is 5.41 Å². The van der Waals surface area contributed by atoms with Crippen LogP contribution in [0, 0.1) is 5.41 Å². The number of nitrogens with zero attached hydrogens (tertiary/aromatic N) is 1. The fraction of sp³-hybridized carbons (Fsp3) is 0.435. The second kappa shape index (κ2) is 8.13. The van der Waals surface area contributed by atoms with Gasteiger partial charge in [0.2, 0.25) is 5.91 Å². The van der Waals surface area contributed by atoms with Crippen LogP contribution < -0.4 is 10.1 Å². The Hall–Kier alpha value is -2.33. The Morgan fingerprint density at radius 2 is 1.74 bits per heavy atom. The summed E-state index contributed by atoms with van der Waals surface area (Å²) >= 11 is 0. The number of piperidine rings is 2. The maximum Gasteiger partial charge on any atom is 0.226 e.